The van der Waals surface area contributed by atoms with Crippen LogP contribution in [-0.4, -0.2) is 32.5 Å². The first-order valence-electron chi connectivity index (χ1n) is 9.74. The molecule has 146 valence electrons. The number of hydrogen-bond donors (Lipinski definition) is 2. The summed E-state index contributed by atoms with van der Waals surface area (Å²) in [4.78, 5) is 21.5. The zero-order chi connectivity index (χ0) is 19.5. The number of thiophene rings is 1. The fourth-order valence-electron chi connectivity index (χ4n) is 3.68. The first-order chi connectivity index (χ1) is 13.6. The third-order valence-electron chi connectivity index (χ3n) is 5.08. The van der Waals surface area contributed by atoms with Gasteiger partial charge in [-0.3, -0.25) is 14.8 Å². The third kappa shape index (κ3) is 4.15. The summed E-state index contributed by atoms with van der Waals surface area (Å²) in [5, 5.41) is 10.3. The van der Waals surface area contributed by atoms with Gasteiger partial charge in [-0.05, 0) is 63.1 Å². The maximum atomic E-state index is 12.6. The van der Waals surface area contributed by atoms with Gasteiger partial charge >= 0.3 is 0 Å². The largest absolute Gasteiger partial charge is 0.306 e. The second-order valence-electron chi connectivity index (χ2n) is 7.19. The van der Waals surface area contributed by atoms with Crippen LogP contribution in [0.1, 0.15) is 57.4 Å². The predicted octanol–water partition coefficient (Wildman–Crippen LogP) is 4.33. The normalized spacial score (nSPS) is 17.1. The molecule has 4 heterocycles. The maximum Gasteiger partial charge on any atom is 0.266 e. The number of nitrogens with zero attached hydrogens (tertiary/aromatic N) is 3. The highest BCUT2D eigenvalue weighted by Crippen LogP contribution is 2.36. The number of H-pyrrole nitrogens is 1. The van der Waals surface area contributed by atoms with Crippen molar-refractivity contribution in [2.75, 3.05) is 11.9 Å². The van der Waals surface area contributed by atoms with Gasteiger partial charge in [0.1, 0.15) is 5.82 Å². The number of carbonyl (C=O) groups excluding carboxylic acids is 1. The lowest BCUT2D eigenvalue weighted by atomic mass is 10.2. The van der Waals surface area contributed by atoms with Crippen molar-refractivity contribution in [3.8, 4) is 0 Å². The van der Waals surface area contributed by atoms with Crippen LogP contribution in [0.2, 0.25) is 0 Å². The Labute approximate surface area is 169 Å². The Bertz CT molecular complexity index is 963. The molecule has 0 bridgehead atoms. The minimum Gasteiger partial charge on any atom is -0.306 e. The summed E-state index contributed by atoms with van der Waals surface area (Å²) in [6.07, 6.45) is 3.13. The van der Waals surface area contributed by atoms with Crippen molar-refractivity contribution in [3.63, 3.8) is 0 Å². The number of rotatable bonds is 6. The summed E-state index contributed by atoms with van der Waals surface area (Å²) < 4.78 is 0. The number of aryl methyl sites for hydroxylation is 2. The topological polar surface area (TPSA) is 73.9 Å². The van der Waals surface area contributed by atoms with E-state index >= 15 is 0 Å². The fraction of sp³-hybridized carbons (Fsp3) is 0.381. The second-order valence-corrected chi connectivity index (χ2v) is 8.31. The zero-order valence-corrected chi connectivity index (χ0v) is 17.1. The molecule has 1 fully saturated rings. The van der Waals surface area contributed by atoms with Crippen LogP contribution in [-0.2, 0) is 13.0 Å². The van der Waals surface area contributed by atoms with Crippen molar-refractivity contribution in [2.24, 2.45) is 0 Å². The molecule has 3 aromatic heterocycles. The van der Waals surface area contributed by atoms with Gasteiger partial charge in [-0.15, -0.1) is 11.3 Å². The van der Waals surface area contributed by atoms with Crippen molar-refractivity contribution in [1.29, 1.82) is 0 Å². The van der Waals surface area contributed by atoms with E-state index in [-0.39, 0.29) is 5.91 Å². The van der Waals surface area contributed by atoms with Crippen molar-refractivity contribution in [1.82, 2.24) is 20.1 Å². The smallest absolute Gasteiger partial charge is 0.266 e. The van der Waals surface area contributed by atoms with E-state index in [2.05, 4.69) is 44.5 Å². The number of amides is 1. The molecule has 7 heteroatoms. The van der Waals surface area contributed by atoms with Gasteiger partial charge in [0.2, 0.25) is 0 Å². The van der Waals surface area contributed by atoms with Crippen molar-refractivity contribution < 1.29 is 4.79 Å². The molecular formula is C21H25N5OS. The highest BCUT2D eigenvalue weighted by Gasteiger charge is 2.28. The summed E-state index contributed by atoms with van der Waals surface area (Å²) in [6.45, 7) is 5.97. The first kappa shape index (κ1) is 18.8. The monoisotopic (exact) mass is 395 g/mol. The van der Waals surface area contributed by atoms with Crippen LogP contribution < -0.4 is 5.32 Å². The molecule has 4 rings (SSSR count). The number of nitrogens with one attached hydrogen (secondary N) is 2. The Morgan fingerprint density at radius 1 is 1.32 bits per heavy atom. The average Bonchev–Trinajstić information content (AvgIpc) is 3.43. The highest BCUT2D eigenvalue weighted by atomic mass is 32.1. The number of hydrogen-bond acceptors (Lipinski definition) is 5. The van der Waals surface area contributed by atoms with Crippen molar-refractivity contribution in [2.45, 2.75) is 45.7 Å². The van der Waals surface area contributed by atoms with Crippen LogP contribution >= 0.6 is 11.3 Å². The average molecular weight is 396 g/mol. The van der Waals surface area contributed by atoms with E-state index in [1.54, 1.807) is 11.3 Å². The molecule has 1 amide bonds. The van der Waals surface area contributed by atoms with E-state index in [9.17, 15) is 4.79 Å². The van der Waals surface area contributed by atoms with E-state index in [1.165, 1.54) is 11.3 Å². The first-order valence-corrected chi connectivity index (χ1v) is 10.6. The lowest BCUT2D eigenvalue weighted by Crippen LogP contribution is -2.22. The molecule has 2 N–H and O–H groups in total. The van der Waals surface area contributed by atoms with Gasteiger partial charge in [-0.2, -0.15) is 5.10 Å². The van der Waals surface area contributed by atoms with Crippen LogP contribution in [0.15, 0.2) is 36.4 Å². The summed E-state index contributed by atoms with van der Waals surface area (Å²) in [7, 11) is 0. The molecule has 0 spiro atoms. The Kier molecular flexibility index (Phi) is 5.54. The second kappa shape index (κ2) is 8.24. The van der Waals surface area contributed by atoms with Gasteiger partial charge in [-0.1, -0.05) is 13.0 Å². The van der Waals surface area contributed by atoms with E-state index in [0.29, 0.717) is 11.9 Å². The molecule has 3 aromatic rings. The number of likely N-dealkylation sites (tertiary alicyclic amines) is 1. The van der Waals surface area contributed by atoms with E-state index in [1.807, 2.05) is 31.2 Å². The number of pyridine rings is 1. The molecule has 0 aliphatic carbocycles. The molecule has 0 radical (unpaired) electrons. The van der Waals surface area contributed by atoms with Gasteiger partial charge < -0.3 is 5.32 Å². The number of aromatic amines is 1. The Morgan fingerprint density at radius 2 is 2.21 bits per heavy atom. The fourth-order valence-corrected chi connectivity index (χ4v) is 4.75. The van der Waals surface area contributed by atoms with E-state index in [0.717, 1.165) is 47.9 Å². The molecule has 1 aliphatic heterocycles. The van der Waals surface area contributed by atoms with Gasteiger partial charge in [0.15, 0.2) is 0 Å². The van der Waals surface area contributed by atoms with Crippen LogP contribution in [0.4, 0.5) is 5.82 Å². The molecule has 6 nitrogen and oxygen atoms in total. The van der Waals surface area contributed by atoms with E-state index < -0.39 is 0 Å². The van der Waals surface area contributed by atoms with Gasteiger partial charge in [-0.25, -0.2) is 4.98 Å². The quantitative estimate of drug-likeness (QED) is 0.652. The van der Waals surface area contributed by atoms with Crippen LogP contribution in [0, 0.1) is 6.92 Å². The Hall–Kier alpha value is -2.51. The predicted molar refractivity (Wildman–Crippen MR) is 112 cm³/mol. The van der Waals surface area contributed by atoms with Gasteiger partial charge in [0.05, 0.1) is 10.6 Å². The van der Waals surface area contributed by atoms with Crippen molar-refractivity contribution >= 4 is 23.1 Å². The molecule has 1 aliphatic rings. The van der Waals surface area contributed by atoms with Crippen LogP contribution in [0.5, 0.6) is 0 Å². The summed E-state index contributed by atoms with van der Waals surface area (Å²) in [5.41, 5.74) is 3.13. The van der Waals surface area contributed by atoms with Crippen LogP contribution in [0.25, 0.3) is 0 Å². The van der Waals surface area contributed by atoms with Gasteiger partial charge in [0.25, 0.3) is 5.91 Å². The maximum absolute atomic E-state index is 12.6. The molecule has 28 heavy (non-hydrogen) atoms. The van der Waals surface area contributed by atoms with E-state index in [4.69, 9.17) is 0 Å². The number of aromatic nitrogens is 3. The summed E-state index contributed by atoms with van der Waals surface area (Å²) in [6, 6.07) is 12.2. The molecule has 1 unspecified atom stereocenters. The SMILES string of the molecule is CCc1cccc(NC(=O)c2ccc(C3CCCN3Cc3cc(C)[nH]n3)s2)n1. The number of anilines is 1. The third-order valence-corrected chi connectivity index (χ3v) is 6.26. The highest BCUT2D eigenvalue weighted by molar-refractivity contribution is 7.14. The number of carbonyl (C=O) groups is 1. The molecule has 0 aromatic carbocycles. The van der Waals surface area contributed by atoms with Crippen LogP contribution in [0.3, 0.4) is 0 Å². The lowest BCUT2D eigenvalue weighted by molar-refractivity contribution is 0.103. The Balaban J connectivity index is 1.44. The Morgan fingerprint density at radius 3 is 3.00 bits per heavy atom. The zero-order valence-electron chi connectivity index (χ0n) is 16.2. The molecule has 0 saturated carbocycles. The van der Waals surface area contributed by atoms with Crippen molar-refractivity contribution in [3.05, 3.63) is 63.2 Å². The summed E-state index contributed by atoms with van der Waals surface area (Å²) in [5.74, 6) is 0.514. The standard InChI is InChI=1S/C21H25N5OS/c1-3-15-6-4-8-20(22-15)23-21(27)19-10-9-18(28-19)17-7-5-11-26(17)13-16-12-14(2)24-25-16/h4,6,8-10,12,17H,3,5,7,11,13H2,1-2H3,(H,24,25)(H,22,23,27). The molecule has 1 saturated heterocycles. The van der Waals surface area contributed by atoms with Gasteiger partial charge in [0, 0.05) is 28.9 Å². The molecule has 1 atom stereocenters. The summed E-state index contributed by atoms with van der Waals surface area (Å²) >= 11 is 1.58. The minimum atomic E-state index is -0.0931. The molecular weight excluding hydrogens is 370 g/mol. The minimum absolute atomic E-state index is 0.0931. The lowest BCUT2D eigenvalue weighted by Gasteiger charge is -2.22.